The Labute approximate surface area is 108 Å². The zero-order valence-electron chi connectivity index (χ0n) is 10.6. The highest BCUT2D eigenvalue weighted by atomic mass is 32.2. The van der Waals surface area contributed by atoms with Gasteiger partial charge in [-0.1, -0.05) is 13.0 Å². The van der Waals surface area contributed by atoms with Crippen molar-refractivity contribution in [1.29, 1.82) is 0 Å². The second kappa shape index (κ2) is 6.61. The third-order valence-electron chi connectivity index (χ3n) is 2.57. The Morgan fingerprint density at radius 1 is 1.33 bits per heavy atom. The average Bonchev–Trinajstić information content (AvgIpc) is 2.33. The zero-order valence-corrected chi connectivity index (χ0v) is 11.4. The Morgan fingerprint density at radius 2 is 2.00 bits per heavy atom. The summed E-state index contributed by atoms with van der Waals surface area (Å²) in [4.78, 5) is 0. The van der Waals surface area contributed by atoms with Gasteiger partial charge in [-0.2, -0.15) is 0 Å². The van der Waals surface area contributed by atoms with Crippen LogP contribution in [-0.4, -0.2) is 27.9 Å². The van der Waals surface area contributed by atoms with Gasteiger partial charge in [-0.15, -0.1) is 0 Å². The van der Waals surface area contributed by atoms with Gasteiger partial charge in [0, 0.05) is 12.0 Å². The Hall–Kier alpha value is -1.27. The van der Waals surface area contributed by atoms with E-state index in [-0.39, 0.29) is 11.7 Å². The first kappa shape index (κ1) is 14.8. The van der Waals surface area contributed by atoms with Gasteiger partial charge in [-0.3, -0.25) is 0 Å². The van der Waals surface area contributed by atoms with Crippen molar-refractivity contribution in [3.63, 3.8) is 0 Å². The third kappa shape index (κ3) is 5.37. The average molecular weight is 273 g/mol. The van der Waals surface area contributed by atoms with Gasteiger partial charge in [0.05, 0.1) is 19.5 Å². The maximum absolute atomic E-state index is 11.0. The van der Waals surface area contributed by atoms with Crippen molar-refractivity contribution >= 4 is 10.0 Å². The molecule has 0 radical (unpaired) electrons. The smallest absolute Gasteiger partial charge is 0.209 e. The van der Waals surface area contributed by atoms with Crippen LogP contribution in [0.5, 0.6) is 11.5 Å². The van der Waals surface area contributed by atoms with E-state index in [2.05, 4.69) is 0 Å². The molecule has 0 saturated carbocycles. The molecule has 0 bridgehead atoms. The first-order valence-corrected chi connectivity index (χ1v) is 7.43. The van der Waals surface area contributed by atoms with Crippen molar-refractivity contribution in [3.8, 4) is 11.5 Å². The molecule has 0 spiro atoms. The molecule has 0 heterocycles. The molecule has 18 heavy (non-hydrogen) atoms. The van der Waals surface area contributed by atoms with Crippen molar-refractivity contribution in [2.45, 2.75) is 13.3 Å². The molecule has 0 fully saturated rings. The summed E-state index contributed by atoms with van der Waals surface area (Å²) < 4.78 is 32.6. The van der Waals surface area contributed by atoms with Crippen molar-refractivity contribution in [2.75, 3.05) is 19.5 Å². The lowest BCUT2D eigenvalue weighted by molar-refractivity contribution is 0.256. The van der Waals surface area contributed by atoms with Crippen molar-refractivity contribution in [3.05, 3.63) is 24.3 Å². The molecule has 1 unspecified atom stereocenters. The Bertz CT molecular complexity index is 473. The number of sulfonamides is 1. The van der Waals surface area contributed by atoms with Crippen LogP contribution in [0.15, 0.2) is 24.3 Å². The predicted molar refractivity (Wildman–Crippen MR) is 70.2 cm³/mol. The van der Waals surface area contributed by atoms with E-state index < -0.39 is 10.0 Å². The SMILES string of the molecule is CCC(COc1cccc(OC)c1)CS(N)(=O)=O. The number of nitrogens with two attached hydrogens (primary N) is 1. The van der Waals surface area contributed by atoms with E-state index in [1.807, 2.05) is 19.1 Å². The Balaban J connectivity index is 2.56. The summed E-state index contributed by atoms with van der Waals surface area (Å²) in [7, 11) is -1.88. The van der Waals surface area contributed by atoms with Crippen LogP contribution in [-0.2, 0) is 10.0 Å². The second-order valence-electron chi connectivity index (χ2n) is 4.09. The van der Waals surface area contributed by atoms with Crippen molar-refractivity contribution in [1.82, 2.24) is 0 Å². The van der Waals surface area contributed by atoms with Gasteiger partial charge in [-0.25, -0.2) is 13.6 Å². The van der Waals surface area contributed by atoms with E-state index in [9.17, 15) is 8.42 Å². The van der Waals surface area contributed by atoms with E-state index in [1.165, 1.54) is 0 Å². The van der Waals surface area contributed by atoms with Crippen LogP contribution in [0, 0.1) is 5.92 Å². The molecule has 0 aliphatic carbocycles. The molecule has 0 aliphatic heterocycles. The number of benzene rings is 1. The Morgan fingerprint density at radius 3 is 2.56 bits per heavy atom. The quantitative estimate of drug-likeness (QED) is 0.814. The molecule has 1 rings (SSSR count). The van der Waals surface area contributed by atoms with Crippen LogP contribution in [0.2, 0.25) is 0 Å². The minimum Gasteiger partial charge on any atom is -0.497 e. The van der Waals surface area contributed by atoms with Crippen LogP contribution >= 0.6 is 0 Å². The van der Waals surface area contributed by atoms with Crippen LogP contribution < -0.4 is 14.6 Å². The number of hydrogen-bond donors (Lipinski definition) is 1. The number of methoxy groups -OCH3 is 1. The molecule has 6 heteroatoms. The molecule has 1 aromatic carbocycles. The van der Waals surface area contributed by atoms with Gasteiger partial charge in [0.15, 0.2) is 0 Å². The molecule has 0 aliphatic rings. The maximum Gasteiger partial charge on any atom is 0.209 e. The zero-order chi connectivity index (χ0) is 13.6. The summed E-state index contributed by atoms with van der Waals surface area (Å²) in [5, 5.41) is 5.02. The fourth-order valence-electron chi connectivity index (χ4n) is 1.52. The van der Waals surface area contributed by atoms with Gasteiger partial charge >= 0.3 is 0 Å². The summed E-state index contributed by atoms with van der Waals surface area (Å²) in [6.45, 7) is 2.23. The number of rotatable bonds is 7. The van der Waals surface area contributed by atoms with Gasteiger partial charge < -0.3 is 9.47 Å². The predicted octanol–water partition coefficient (Wildman–Crippen LogP) is 1.39. The van der Waals surface area contributed by atoms with Crippen molar-refractivity contribution < 1.29 is 17.9 Å². The standard InChI is InChI=1S/C12H19NO4S/c1-3-10(9-18(13,14)15)8-17-12-6-4-5-11(7-12)16-2/h4-7,10H,3,8-9H2,1-2H3,(H2,13,14,15). The highest BCUT2D eigenvalue weighted by molar-refractivity contribution is 7.89. The summed E-state index contributed by atoms with van der Waals surface area (Å²) in [6.07, 6.45) is 0.695. The van der Waals surface area contributed by atoms with Gasteiger partial charge in [0.25, 0.3) is 0 Å². The molecule has 0 amide bonds. The molecule has 1 aromatic rings. The lowest BCUT2D eigenvalue weighted by Gasteiger charge is -2.15. The normalized spacial score (nSPS) is 13.1. The van der Waals surface area contributed by atoms with Crippen LogP contribution in [0.25, 0.3) is 0 Å². The van der Waals surface area contributed by atoms with E-state index in [0.29, 0.717) is 24.5 Å². The van der Waals surface area contributed by atoms with Crippen LogP contribution in [0.3, 0.4) is 0 Å². The third-order valence-corrected chi connectivity index (χ3v) is 3.51. The van der Waals surface area contributed by atoms with Crippen molar-refractivity contribution in [2.24, 2.45) is 11.1 Å². The second-order valence-corrected chi connectivity index (χ2v) is 5.75. The molecular formula is C12H19NO4S. The topological polar surface area (TPSA) is 78.6 Å². The molecule has 5 nitrogen and oxygen atoms in total. The van der Waals surface area contributed by atoms with E-state index >= 15 is 0 Å². The minimum atomic E-state index is -3.46. The first-order valence-electron chi connectivity index (χ1n) is 5.72. The highest BCUT2D eigenvalue weighted by Gasteiger charge is 2.15. The molecular weight excluding hydrogens is 254 g/mol. The summed E-state index contributed by atoms with van der Waals surface area (Å²) in [5.41, 5.74) is 0. The highest BCUT2D eigenvalue weighted by Crippen LogP contribution is 2.20. The molecule has 0 saturated heterocycles. The van der Waals surface area contributed by atoms with Gasteiger partial charge in [0.1, 0.15) is 11.5 Å². The molecule has 102 valence electrons. The van der Waals surface area contributed by atoms with Gasteiger partial charge in [0.2, 0.25) is 10.0 Å². The fourth-order valence-corrected chi connectivity index (χ4v) is 2.51. The number of hydrogen-bond acceptors (Lipinski definition) is 4. The first-order chi connectivity index (χ1) is 8.44. The monoisotopic (exact) mass is 273 g/mol. The lowest BCUT2D eigenvalue weighted by Crippen LogP contribution is -2.26. The number of ether oxygens (including phenoxy) is 2. The molecule has 1 atom stereocenters. The van der Waals surface area contributed by atoms with E-state index in [4.69, 9.17) is 14.6 Å². The largest absolute Gasteiger partial charge is 0.497 e. The Kier molecular flexibility index (Phi) is 5.43. The van der Waals surface area contributed by atoms with E-state index in [0.717, 1.165) is 0 Å². The maximum atomic E-state index is 11.0. The summed E-state index contributed by atoms with van der Waals surface area (Å²) >= 11 is 0. The summed E-state index contributed by atoms with van der Waals surface area (Å²) in [5.74, 6) is 1.19. The number of primary sulfonamides is 1. The molecule has 2 N–H and O–H groups in total. The fraction of sp³-hybridized carbons (Fsp3) is 0.500. The molecule has 0 aromatic heterocycles. The summed E-state index contributed by atoms with van der Waals surface area (Å²) in [6, 6.07) is 7.18. The minimum absolute atomic E-state index is 0.0620. The van der Waals surface area contributed by atoms with Crippen LogP contribution in [0.4, 0.5) is 0 Å². The van der Waals surface area contributed by atoms with Crippen LogP contribution in [0.1, 0.15) is 13.3 Å². The lowest BCUT2D eigenvalue weighted by atomic mass is 10.1. The van der Waals surface area contributed by atoms with Gasteiger partial charge in [-0.05, 0) is 18.6 Å². The van der Waals surface area contributed by atoms with E-state index in [1.54, 1.807) is 19.2 Å².